The highest BCUT2D eigenvalue weighted by molar-refractivity contribution is 6.24. The van der Waals surface area contributed by atoms with Gasteiger partial charge in [0.25, 0.3) is 0 Å². The Hall–Kier alpha value is -11.5. The van der Waals surface area contributed by atoms with Gasteiger partial charge in [-0.15, -0.1) is 0 Å². The highest BCUT2D eigenvalue weighted by Gasteiger charge is 2.25. The Labute approximate surface area is 487 Å². The summed E-state index contributed by atoms with van der Waals surface area (Å²) in [5, 5.41) is 16.1. The third-order valence-electron chi connectivity index (χ3n) is 17.5. The minimum Gasteiger partial charge on any atom is -0.456 e. The summed E-state index contributed by atoms with van der Waals surface area (Å²) in [6, 6.07) is 103. The lowest BCUT2D eigenvalue weighted by Crippen LogP contribution is -2.01. The summed E-state index contributed by atoms with van der Waals surface area (Å²) < 4.78 is 12.0. The first-order valence-electron chi connectivity index (χ1n) is 28.9. The average Bonchev–Trinajstić information content (AvgIpc) is 1.94. The molecule has 0 saturated heterocycles. The minimum absolute atomic E-state index is 0.552. The first-order valence-corrected chi connectivity index (χ1v) is 28.9. The number of rotatable bonds is 7. The molecule has 0 atom stereocenters. The molecule has 18 aromatic rings. The maximum absolute atomic E-state index is 7.15. The quantitative estimate of drug-likeness (QED) is 0.160. The van der Waals surface area contributed by atoms with E-state index >= 15 is 0 Å². The van der Waals surface area contributed by atoms with Crippen LogP contribution in [-0.4, -0.2) is 24.1 Å². The molecule has 0 aliphatic heterocycles. The zero-order valence-electron chi connectivity index (χ0n) is 45.8. The molecular weight excluding hydrogens is 1030 g/mol. The molecular formula is C79H47N5O. The molecule has 14 aromatic carbocycles. The number of aromatic nitrogens is 5. The van der Waals surface area contributed by atoms with Crippen LogP contribution in [0.4, 0.5) is 0 Å². The number of fused-ring (bicyclic) bond motifs is 14. The SMILES string of the molecule is c1ccc(-n2c3ccccc3c3ccc(-c4nc(-c5ccc6ccccc6c5)nc(-c5cccc6oc7cc(-n8c9cc%10ccccc%10cc9c9c%10ccccc%10ccc98)c(-c8ccc(-c9cccc%10ccccc9%10)cc8)cc7c56)n4)cc32)cc1. The molecule has 0 amide bonds. The largest absolute Gasteiger partial charge is 0.456 e. The fourth-order valence-electron chi connectivity index (χ4n) is 13.6. The first-order chi connectivity index (χ1) is 42.1. The van der Waals surface area contributed by atoms with Crippen LogP contribution in [0.15, 0.2) is 290 Å². The Morgan fingerprint density at radius 1 is 0.247 bits per heavy atom. The average molecular weight is 1080 g/mol. The second-order valence-electron chi connectivity index (χ2n) is 22.3. The smallest absolute Gasteiger partial charge is 0.164 e. The van der Waals surface area contributed by atoms with Gasteiger partial charge in [0, 0.05) is 66.3 Å². The molecule has 18 rings (SSSR count). The molecule has 6 heteroatoms. The van der Waals surface area contributed by atoms with E-state index in [1.54, 1.807) is 0 Å². The van der Waals surface area contributed by atoms with E-state index in [2.05, 4.69) is 294 Å². The van der Waals surface area contributed by atoms with Crippen molar-refractivity contribution in [2.24, 2.45) is 0 Å². The monoisotopic (exact) mass is 1080 g/mol. The van der Waals surface area contributed by atoms with Gasteiger partial charge in [-0.05, 0) is 120 Å². The van der Waals surface area contributed by atoms with Crippen molar-refractivity contribution >= 4 is 109 Å². The van der Waals surface area contributed by atoms with E-state index in [0.29, 0.717) is 17.5 Å². The van der Waals surface area contributed by atoms with Crippen LogP contribution >= 0.6 is 0 Å². The van der Waals surface area contributed by atoms with Gasteiger partial charge in [-0.1, -0.05) is 218 Å². The highest BCUT2D eigenvalue weighted by Crippen LogP contribution is 2.46. The van der Waals surface area contributed by atoms with Crippen LogP contribution in [0.2, 0.25) is 0 Å². The Kier molecular flexibility index (Phi) is 10.3. The normalized spacial score (nSPS) is 12.0. The van der Waals surface area contributed by atoms with Gasteiger partial charge in [0.15, 0.2) is 17.5 Å². The Morgan fingerprint density at radius 3 is 1.60 bits per heavy atom. The molecule has 0 N–H and O–H groups in total. The van der Waals surface area contributed by atoms with Crippen molar-refractivity contribution in [3.8, 4) is 67.8 Å². The molecule has 6 nitrogen and oxygen atoms in total. The molecule has 0 fully saturated rings. The van der Waals surface area contributed by atoms with Crippen molar-refractivity contribution in [3.05, 3.63) is 285 Å². The van der Waals surface area contributed by atoms with Crippen LogP contribution < -0.4 is 0 Å². The third kappa shape index (κ3) is 7.42. The van der Waals surface area contributed by atoms with Crippen LogP contribution in [0.3, 0.4) is 0 Å². The molecule has 0 saturated carbocycles. The first kappa shape index (κ1) is 47.2. The van der Waals surface area contributed by atoms with Gasteiger partial charge in [0.1, 0.15) is 11.2 Å². The van der Waals surface area contributed by atoms with Gasteiger partial charge in [-0.2, -0.15) is 0 Å². The highest BCUT2D eigenvalue weighted by atomic mass is 16.3. The van der Waals surface area contributed by atoms with Crippen molar-refractivity contribution in [1.29, 1.82) is 0 Å². The van der Waals surface area contributed by atoms with Gasteiger partial charge >= 0.3 is 0 Å². The second kappa shape index (κ2) is 18.5. The molecule has 4 aromatic heterocycles. The number of nitrogens with zero attached hydrogens (tertiary/aromatic N) is 5. The van der Waals surface area contributed by atoms with E-state index < -0.39 is 0 Å². The standard InChI is InChI=1S/C79H47N5O/c1-2-23-58(24-3-1)83-68-30-13-12-27-62(68)63-40-38-57(45-70(63)83)78-80-77(56-37-32-48-16-4-5-19-53(48)42-56)81-79(82-78)64-29-15-31-73-76(64)67-46-65(52-35-33-51(34-36-52)60-28-14-22-49-17-8-10-25-59(49)60)72(47-74(67)85-73)84-69-41-39-50-18-9-11-26-61(50)75(69)66-43-54-20-6-7-21-55(54)44-71(66)84/h1-47H. The van der Waals surface area contributed by atoms with E-state index in [0.717, 1.165) is 105 Å². The maximum atomic E-state index is 7.15. The molecule has 85 heavy (non-hydrogen) atoms. The molecule has 0 unspecified atom stereocenters. The molecule has 4 heterocycles. The Morgan fingerprint density at radius 2 is 0.800 bits per heavy atom. The van der Waals surface area contributed by atoms with Gasteiger partial charge < -0.3 is 13.6 Å². The summed E-state index contributed by atoms with van der Waals surface area (Å²) in [6.45, 7) is 0. The molecule has 0 aliphatic rings. The van der Waals surface area contributed by atoms with Crippen LogP contribution in [0, 0.1) is 0 Å². The third-order valence-corrected chi connectivity index (χ3v) is 17.5. The van der Waals surface area contributed by atoms with Crippen LogP contribution in [0.1, 0.15) is 0 Å². The van der Waals surface area contributed by atoms with Crippen molar-refractivity contribution in [2.45, 2.75) is 0 Å². The number of para-hydroxylation sites is 2. The van der Waals surface area contributed by atoms with Gasteiger partial charge in [-0.3, -0.25) is 0 Å². The van der Waals surface area contributed by atoms with Crippen LogP contribution in [0.25, 0.3) is 176 Å². The summed E-state index contributed by atoms with van der Waals surface area (Å²) >= 11 is 0. The predicted octanol–water partition coefficient (Wildman–Crippen LogP) is 20.9. The lowest BCUT2D eigenvalue weighted by Gasteiger charge is -2.16. The van der Waals surface area contributed by atoms with Crippen LogP contribution in [-0.2, 0) is 0 Å². The van der Waals surface area contributed by atoms with E-state index in [1.807, 2.05) is 0 Å². The second-order valence-corrected chi connectivity index (χ2v) is 22.3. The summed E-state index contributed by atoms with van der Waals surface area (Å²) in [5.74, 6) is 1.71. The number of benzene rings is 14. The van der Waals surface area contributed by atoms with E-state index in [-0.39, 0.29) is 0 Å². The van der Waals surface area contributed by atoms with Crippen LogP contribution in [0.5, 0.6) is 0 Å². The summed E-state index contributed by atoms with van der Waals surface area (Å²) in [4.78, 5) is 16.3. The fraction of sp³-hybridized carbons (Fsp3) is 0. The molecule has 0 spiro atoms. The van der Waals surface area contributed by atoms with Crippen molar-refractivity contribution in [1.82, 2.24) is 24.1 Å². The number of hydrogen-bond acceptors (Lipinski definition) is 4. The minimum atomic E-state index is 0.552. The molecule has 394 valence electrons. The Balaban J connectivity index is 0.894. The van der Waals surface area contributed by atoms with Crippen molar-refractivity contribution in [3.63, 3.8) is 0 Å². The predicted molar refractivity (Wildman–Crippen MR) is 353 cm³/mol. The zero-order chi connectivity index (χ0) is 55.7. The lowest BCUT2D eigenvalue weighted by atomic mass is 9.94. The van der Waals surface area contributed by atoms with Crippen molar-refractivity contribution in [2.75, 3.05) is 0 Å². The molecule has 0 radical (unpaired) electrons. The van der Waals surface area contributed by atoms with E-state index in [9.17, 15) is 0 Å². The summed E-state index contributed by atoms with van der Waals surface area (Å²) in [5.41, 5.74) is 15.2. The maximum Gasteiger partial charge on any atom is 0.164 e. The summed E-state index contributed by atoms with van der Waals surface area (Å²) in [7, 11) is 0. The van der Waals surface area contributed by atoms with E-state index in [4.69, 9.17) is 19.4 Å². The molecule has 0 bridgehead atoms. The topological polar surface area (TPSA) is 61.7 Å². The summed E-state index contributed by atoms with van der Waals surface area (Å²) in [6.07, 6.45) is 0. The fourth-order valence-corrected chi connectivity index (χ4v) is 13.6. The lowest BCUT2D eigenvalue weighted by molar-refractivity contribution is 0.668. The van der Waals surface area contributed by atoms with Gasteiger partial charge in [0.2, 0.25) is 0 Å². The van der Waals surface area contributed by atoms with E-state index in [1.165, 1.54) is 54.0 Å². The molecule has 0 aliphatic carbocycles. The number of hydrogen-bond donors (Lipinski definition) is 0. The van der Waals surface area contributed by atoms with Gasteiger partial charge in [0.05, 0.1) is 27.8 Å². The van der Waals surface area contributed by atoms with Crippen molar-refractivity contribution < 1.29 is 4.42 Å². The number of furan rings is 1. The zero-order valence-corrected chi connectivity index (χ0v) is 45.8. The Bertz CT molecular complexity index is 5790. The van der Waals surface area contributed by atoms with Gasteiger partial charge in [-0.25, -0.2) is 15.0 Å².